The Labute approximate surface area is 245 Å². The van der Waals surface area contributed by atoms with Crippen LogP contribution < -0.4 is 9.64 Å². The van der Waals surface area contributed by atoms with E-state index in [1.54, 1.807) is 7.11 Å². The zero-order valence-corrected chi connectivity index (χ0v) is 25.3. The van der Waals surface area contributed by atoms with Gasteiger partial charge in [0.15, 0.2) is 0 Å². The monoisotopic (exact) mass is 557 g/mol. The molecule has 2 saturated carbocycles. The number of rotatable bonds is 9. The molecule has 41 heavy (non-hydrogen) atoms. The van der Waals surface area contributed by atoms with Crippen molar-refractivity contribution in [3.05, 3.63) is 66.0 Å². The highest BCUT2D eigenvalue weighted by atomic mass is 16.5. The van der Waals surface area contributed by atoms with Crippen LogP contribution in [0.5, 0.6) is 5.75 Å². The van der Waals surface area contributed by atoms with E-state index in [4.69, 9.17) is 4.74 Å². The average molecular weight is 558 g/mol. The van der Waals surface area contributed by atoms with E-state index in [1.807, 2.05) is 10.9 Å². The molecule has 3 aromatic rings. The Morgan fingerprint density at radius 1 is 1.05 bits per heavy atom. The number of ether oxygens (including phenoxy) is 1. The van der Waals surface area contributed by atoms with Gasteiger partial charge < -0.3 is 14.7 Å². The molecule has 1 unspecified atom stereocenters. The number of methoxy groups -OCH3 is 1. The summed E-state index contributed by atoms with van der Waals surface area (Å²) in [6, 6.07) is 15.4. The van der Waals surface area contributed by atoms with Gasteiger partial charge in [-0.05, 0) is 118 Å². The molecule has 1 atom stereocenters. The molecule has 0 spiro atoms. The zero-order valence-electron chi connectivity index (χ0n) is 25.3. The highest BCUT2D eigenvalue weighted by molar-refractivity contribution is 5.95. The summed E-state index contributed by atoms with van der Waals surface area (Å²) in [5, 5.41) is 14.7. The predicted molar refractivity (Wildman–Crippen MR) is 165 cm³/mol. The van der Waals surface area contributed by atoms with Gasteiger partial charge in [0.05, 0.1) is 19.4 Å². The van der Waals surface area contributed by atoms with Crippen LogP contribution >= 0.6 is 0 Å². The fraction of sp³-hybridized carbons (Fsp3) is 0.543. The van der Waals surface area contributed by atoms with Crippen molar-refractivity contribution < 1.29 is 14.6 Å². The highest BCUT2D eigenvalue weighted by Crippen LogP contribution is 2.39. The Bertz CT molecular complexity index is 1300. The number of aliphatic hydroxyl groups is 1. The number of aryl methyl sites for hydroxylation is 1. The number of hydrogen-bond acceptors (Lipinski definition) is 4. The summed E-state index contributed by atoms with van der Waals surface area (Å²) >= 11 is 0. The summed E-state index contributed by atoms with van der Waals surface area (Å²) in [4.78, 5) is 16.1. The lowest BCUT2D eigenvalue weighted by Crippen LogP contribution is -2.41. The summed E-state index contributed by atoms with van der Waals surface area (Å²) < 4.78 is 7.49. The van der Waals surface area contributed by atoms with E-state index in [9.17, 15) is 9.90 Å². The first-order valence-electron chi connectivity index (χ1n) is 15.6. The molecule has 0 radical (unpaired) electrons. The van der Waals surface area contributed by atoms with E-state index in [0.717, 1.165) is 74.1 Å². The van der Waals surface area contributed by atoms with Crippen molar-refractivity contribution in [2.45, 2.75) is 96.6 Å². The van der Waals surface area contributed by atoms with Crippen LogP contribution in [0, 0.1) is 18.8 Å². The molecule has 2 aliphatic rings. The minimum atomic E-state index is -0.269. The number of carbonyl (C=O) groups excluding carboxylic acids is 1. The molecule has 0 saturated heterocycles. The van der Waals surface area contributed by atoms with E-state index in [0.29, 0.717) is 30.7 Å². The third-order valence-electron chi connectivity index (χ3n) is 9.62. The second-order valence-electron chi connectivity index (χ2n) is 12.4. The lowest BCUT2D eigenvalue weighted by atomic mass is 9.78. The van der Waals surface area contributed by atoms with E-state index >= 15 is 0 Å². The summed E-state index contributed by atoms with van der Waals surface area (Å²) in [5.74, 6) is 2.18. The van der Waals surface area contributed by atoms with Gasteiger partial charge in [0, 0.05) is 36.0 Å². The van der Waals surface area contributed by atoms with E-state index in [2.05, 4.69) is 79.4 Å². The largest absolute Gasteiger partial charge is 0.496 e. The lowest BCUT2D eigenvalue weighted by molar-refractivity contribution is -0.124. The van der Waals surface area contributed by atoms with Crippen molar-refractivity contribution in [1.82, 2.24) is 9.78 Å². The number of nitrogens with zero attached hydrogens (tertiary/aromatic N) is 3. The maximum absolute atomic E-state index is 14.1. The Balaban J connectivity index is 1.33. The van der Waals surface area contributed by atoms with Crippen molar-refractivity contribution in [3.8, 4) is 16.9 Å². The fourth-order valence-electron chi connectivity index (χ4n) is 6.73. The predicted octanol–water partition coefficient (Wildman–Crippen LogP) is 7.70. The summed E-state index contributed by atoms with van der Waals surface area (Å²) in [7, 11) is 1.73. The van der Waals surface area contributed by atoms with Crippen molar-refractivity contribution in [2.24, 2.45) is 11.8 Å². The molecule has 6 nitrogen and oxygen atoms in total. The first-order chi connectivity index (χ1) is 19.9. The van der Waals surface area contributed by atoms with E-state index in [1.165, 1.54) is 11.1 Å². The number of amides is 1. The number of hydrogen-bond donors (Lipinski definition) is 1. The Kier molecular flexibility index (Phi) is 9.49. The molecule has 2 fully saturated rings. The zero-order chi connectivity index (χ0) is 28.9. The summed E-state index contributed by atoms with van der Waals surface area (Å²) in [6.45, 7) is 7.22. The van der Waals surface area contributed by atoms with Crippen LogP contribution in [0.4, 0.5) is 5.69 Å². The van der Waals surface area contributed by atoms with Gasteiger partial charge in [-0.2, -0.15) is 5.10 Å². The quantitative estimate of drug-likeness (QED) is 0.293. The number of carbonyl (C=O) groups is 1. The molecule has 2 aromatic carbocycles. The maximum Gasteiger partial charge on any atom is 0.230 e. The van der Waals surface area contributed by atoms with Gasteiger partial charge in [0.25, 0.3) is 0 Å². The minimum absolute atomic E-state index is 0.0196. The van der Waals surface area contributed by atoms with Gasteiger partial charge in [-0.1, -0.05) is 31.2 Å². The molecular formula is C35H47N3O3. The molecular weight excluding hydrogens is 510 g/mol. The number of aromatic nitrogens is 2. The van der Waals surface area contributed by atoms with Crippen molar-refractivity contribution >= 4 is 11.6 Å². The van der Waals surface area contributed by atoms with Crippen LogP contribution in [-0.4, -0.2) is 40.6 Å². The van der Waals surface area contributed by atoms with Crippen LogP contribution in [0.25, 0.3) is 11.1 Å². The molecule has 6 heteroatoms. The first-order valence-corrected chi connectivity index (χ1v) is 15.6. The van der Waals surface area contributed by atoms with Gasteiger partial charge in [-0.3, -0.25) is 9.48 Å². The smallest absolute Gasteiger partial charge is 0.230 e. The second kappa shape index (κ2) is 13.2. The SMILES string of the molecule is CCC(C)n1cc(-c2cccc(N(CC3CCC(c4ccc(OC)c(C)c4)CC3)C(=O)C3CCC(O)CC3)c2)cn1. The van der Waals surface area contributed by atoms with Crippen LogP contribution in [-0.2, 0) is 4.79 Å². The molecule has 5 rings (SSSR count). The molecule has 1 N–H and O–H groups in total. The van der Waals surface area contributed by atoms with Gasteiger partial charge in [0.2, 0.25) is 5.91 Å². The topological polar surface area (TPSA) is 67.6 Å². The molecule has 0 bridgehead atoms. The van der Waals surface area contributed by atoms with Gasteiger partial charge in [-0.15, -0.1) is 0 Å². The summed E-state index contributed by atoms with van der Waals surface area (Å²) in [5.41, 5.74) is 5.74. The molecule has 1 amide bonds. The Morgan fingerprint density at radius 2 is 1.80 bits per heavy atom. The molecule has 220 valence electrons. The molecule has 1 aromatic heterocycles. The summed E-state index contributed by atoms with van der Waals surface area (Å²) in [6.07, 6.45) is 12.3. The van der Waals surface area contributed by atoms with Crippen molar-refractivity contribution in [1.29, 1.82) is 0 Å². The highest BCUT2D eigenvalue weighted by Gasteiger charge is 2.32. The van der Waals surface area contributed by atoms with Gasteiger partial charge >= 0.3 is 0 Å². The standard InChI is InChI=1S/C35H47N3O3/c1-5-25(3)38-23-31(21-36-38)29-7-6-8-32(20-29)37(35(40)28-13-16-33(39)17-14-28)22-26-9-11-27(12-10-26)30-15-18-34(41-4)24(2)19-30/h6-8,15,18-21,23,25-28,33,39H,5,9-14,16-17,22H2,1-4H3. The third kappa shape index (κ3) is 6.86. The average Bonchev–Trinajstić information content (AvgIpc) is 3.50. The fourth-order valence-corrected chi connectivity index (χ4v) is 6.73. The number of aliphatic hydroxyl groups excluding tert-OH is 1. The Morgan fingerprint density at radius 3 is 2.49 bits per heavy atom. The Hall–Kier alpha value is -3.12. The number of anilines is 1. The normalized spacial score (nSPS) is 23.6. The van der Waals surface area contributed by atoms with Crippen LogP contribution in [0.15, 0.2) is 54.9 Å². The number of benzene rings is 2. The van der Waals surface area contributed by atoms with E-state index < -0.39 is 0 Å². The van der Waals surface area contributed by atoms with E-state index in [-0.39, 0.29) is 17.9 Å². The second-order valence-corrected chi connectivity index (χ2v) is 12.4. The van der Waals surface area contributed by atoms with Crippen LogP contribution in [0.3, 0.4) is 0 Å². The van der Waals surface area contributed by atoms with Gasteiger partial charge in [0.1, 0.15) is 5.75 Å². The molecule has 2 aliphatic carbocycles. The van der Waals surface area contributed by atoms with Gasteiger partial charge in [-0.25, -0.2) is 0 Å². The minimum Gasteiger partial charge on any atom is -0.496 e. The van der Waals surface area contributed by atoms with Crippen molar-refractivity contribution in [2.75, 3.05) is 18.6 Å². The van der Waals surface area contributed by atoms with Crippen molar-refractivity contribution in [3.63, 3.8) is 0 Å². The van der Waals surface area contributed by atoms with Crippen LogP contribution in [0.2, 0.25) is 0 Å². The third-order valence-corrected chi connectivity index (χ3v) is 9.62. The molecule has 0 aliphatic heterocycles. The molecule has 1 heterocycles. The van der Waals surface area contributed by atoms with Crippen LogP contribution in [0.1, 0.15) is 94.7 Å². The maximum atomic E-state index is 14.1. The lowest BCUT2D eigenvalue weighted by Gasteiger charge is -2.36. The first kappa shape index (κ1) is 29.4.